The molecule has 0 aliphatic rings. The van der Waals surface area contributed by atoms with Crippen molar-refractivity contribution in [2.24, 2.45) is 0 Å². The second kappa shape index (κ2) is 6.62. The van der Waals surface area contributed by atoms with Gasteiger partial charge in [0, 0.05) is 14.1 Å². The molecule has 3 aromatic rings. The summed E-state index contributed by atoms with van der Waals surface area (Å²) in [5.74, 6) is 0.862. The molecule has 0 bridgehead atoms. The molecule has 0 radical (unpaired) electrons. The second-order valence-electron chi connectivity index (χ2n) is 5.85. The molecule has 122 valence electrons. The molecule has 4 heteroatoms. The molecule has 4 nitrogen and oxygen atoms in total. The van der Waals surface area contributed by atoms with Crippen molar-refractivity contribution in [3.63, 3.8) is 0 Å². The van der Waals surface area contributed by atoms with Gasteiger partial charge in [-0.15, -0.1) is 0 Å². The van der Waals surface area contributed by atoms with Crippen molar-refractivity contribution >= 4 is 16.7 Å². The Labute approximate surface area is 140 Å². The Hall–Kier alpha value is -3.01. The Bertz CT molecular complexity index is 870. The molecule has 0 aliphatic heterocycles. The van der Waals surface area contributed by atoms with E-state index in [0.29, 0.717) is 5.75 Å². The number of fused-ring (bicyclic) bond motifs is 1. The van der Waals surface area contributed by atoms with E-state index >= 15 is 0 Å². The van der Waals surface area contributed by atoms with E-state index in [2.05, 4.69) is 6.07 Å². The van der Waals surface area contributed by atoms with Crippen molar-refractivity contribution in [3.05, 3.63) is 60.7 Å². The van der Waals surface area contributed by atoms with Gasteiger partial charge in [-0.1, -0.05) is 30.3 Å². The number of likely N-dealkylation sites (N-methyl/N-ethyl adjacent to an activating group) is 1. The summed E-state index contributed by atoms with van der Waals surface area (Å²) >= 11 is 0. The Morgan fingerprint density at radius 1 is 0.917 bits per heavy atom. The smallest absolute Gasteiger partial charge is 0.259 e. The second-order valence-corrected chi connectivity index (χ2v) is 5.85. The minimum absolute atomic E-state index is 0.0318. The van der Waals surface area contributed by atoms with E-state index in [9.17, 15) is 9.90 Å². The van der Waals surface area contributed by atoms with Crippen LogP contribution >= 0.6 is 0 Å². The molecule has 1 amide bonds. The van der Waals surface area contributed by atoms with E-state index in [0.717, 1.165) is 21.9 Å². The van der Waals surface area contributed by atoms with Gasteiger partial charge in [0.2, 0.25) is 0 Å². The van der Waals surface area contributed by atoms with Gasteiger partial charge < -0.3 is 14.7 Å². The lowest BCUT2D eigenvalue weighted by atomic mass is 10.0. The third-order valence-corrected chi connectivity index (χ3v) is 3.87. The summed E-state index contributed by atoms with van der Waals surface area (Å²) in [5, 5.41) is 11.5. The van der Waals surface area contributed by atoms with Crippen molar-refractivity contribution in [1.82, 2.24) is 4.90 Å². The first-order valence-corrected chi connectivity index (χ1v) is 7.69. The zero-order valence-corrected chi connectivity index (χ0v) is 13.7. The standard InChI is InChI=1S/C20H19NO3/c1-21(2)20(23)13-24-19-10-7-16-11-15(3-4-17(16)12-19)14-5-8-18(22)9-6-14/h3-12,22H,13H2,1-2H3. The maximum absolute atomic E-state index is 11.6. The van der Waals surface area contributed by atoms with Crippen LogP contribution in [0.3, 0.4) is 0 Å². The fourth-order valence-corrected chi connectivity index (χ4v) is 2.42. The lowest BCUT2D eigenvalue weighted by molar-refractivity contribution is -0.130. The molecule has 0 saturated heterocycles. The summed E-state index contributed by atoms with van der Waals surface area (Å²) in [6, 6.07) is 19.1. The number of phenols is 1. The summed E-state index contributed by atoms with van der Waals surface area (Å²) in [6.07, 6.45) is 0. The highest BCUT2D eigenvalue weighted by Crippen LogP contribution is 2.28. The van der Waals surface area contributed by atoms with E-state index < -0.39 is 0 Å². The topological polar surface area (TPSA) is 49.8 Å². The predicted molar refractivity (Wildman–Crippen MR) is 95.2 cm³/mol. The minimum Gasteiger partial charge on any atom is -0.508 e. The van der Waals surface area contributed by atoms with Crippen LogP contribution in [-0.2, 0) is 4.79 Å². The zero-order chi connectivity index (χ0) is 17.1. The fourth-order valence-electron chi connectivity index (χ4n) is 2.42. The largest absolute Gasteiger partial charge is 0.508 e. The highest BCUT2D eigenvalue weighted by atomic mass is 16.5. The van der Waals surface area contributed by atoms with Gasteiger partial charge in [0.15, 0.2) is 6.61 Å². The molecule has 0 aromatic heterocycles. The van der Waals surface area contributed by atoms with Crippen LogP contribution in [0.2, 0.25) is 0 Å². The number of hydrogen-bond donors (Lipinski definition) is 1. The number of hydrogen-bond acceptors (Lipinski definition) is 3. The number of carbonyl (C=O) groups excluding carboxylic acids is 1. The normalized spacial score (nSPS) is 10.6. The molecular weight excluding hydrogens is 302 g/mol. The molecule has 0 spiro atoms. The Kier molecular flexibility index (Phi) is 4.38. The molecule has 24 heavy (non-hydrogen) atoms. The first-order valence-electron chi connectivity index (χ1n) is 7.69. The zero-order valence-electron chi connectivity index (χ0n) is 13.7. The summed E-state index contributed by atoms with van der Waals surface area (Å²) in [5.41, 5.74) is 2.13. The maximum atomic E-state index is 11.6. The SMILES string of the molecule is CN(C)C(=O)COc1ccc2cc(-c3ccc(O)cc3)ccc2c1. The van der Waals surface area contributed by atoms with E-state index in [-0.39, 0.29) is 18.3 Å². The van der Waals surface area contributed by atoms with Gasteiger partial charge in [0.05, 0.1) is 0 Å². The van der Waals surface area contributed by atoms with Crippen LogP contribution in [0.5, 0.6) is 11.5 Å². The minimum atomic E-state index is -0.0715. The first-order chi connectivity index (χ1) is 11.5. The number of carbonyl (C=O) groups is 1. The summed E-state index contributed by atoms with van der Waals surface area (Å²) in [4.78, 5) is 13.1. The van der Waals surface area contributed by atoms with Crippen molar-refractivity contribution < 1.29 is 14.6 Å². The van der Waals surface area contributed by atoms with Crippen LogP contribution in [0, 0.1) is 0 Å². The van der Waals surface area contributed by atoms with Crippen LogP contribution in [-0.4, -0.2) is 36.6 Å². The molecular formula is C20H19NO3. The average molecular weight is 321 g/mol. The number of aromatic hydroxyl groups is 1. The molecule has 0 fully saturated rings. The maximum Gasteiger partial charge on any atom is 0.259 e. The first kappa shape index (κ1) is 15.9. The summed E-state index contributed by atoms with van der Waals surface area (Å²) < 4.78 is 5.55. The van der Waals surface area contributed by atoms with Crippen molar-refractivity contribution in [2.75, 3.05) is 20.7 Å². The van der Waals surface area contributed by atoms with Crippen molar-refractivity contribution in [1.29, 1.82) is 0 Å². The average Bonchev–Trinajstić information content (AvgIpc) is 2.59. The monoisotopic (exact) mass is 321 g/mol. The van der Waals surface area contributed by atoms with Gasteiger partial charge >= 0.3 is 0 Å². The molecule has 0 unspecified atom stereocenters. The van der Waals surface area contributed by atoms with Crippen LogP contribution in [0.1, 0.15) is 0 Å². The lowest BCUT2D eigenvalue weighted by Gasteiger charge is -2.12. The highest BCUT2D eigenvalue weighted by molar-refractivity contribution is 5.88. The van der Waals surface area contributed by atoms with E-state index in [1.165, 1.54) is 4.90 Å². The van der Waals surface area contributed by atoms with Gasteiger partial charge in [-0.25, -0.2) is 0 Å². The van der Waals surface area contributed by atoms with Crippen LogP contribution < -0.4 is 4.74 Å². The van der Waals surface area contributed by atoms with Gasteiger partial charge in [-0.05, 0) is 52.2 Å². The van der Waals surface area contributed by atoms with Gasteiger partial charge in [0.1, 0.15) is 11.5 Å². The predicted octanol–water partition coefficient (Wildman–Crippen LogP) is 3.68. The summed E-state index contributed by atoms with van der Waals surface area (Å²) in [7, 11) is 3.41. The number of benzene rings is 3. The van der Waals surface area contributed by atoms with E-state index in [4.69, 9.17) is 4.74 Å². The third-order valence-electron chi connectivity index (χ3n) is 3.87. The molecule has 0 heterocycles. The third kappa shape index (κ3) is 3.49. The molecule has 3 rings (SSSR count). The quantitative estimate of drug-likeness (QED) is 0.797. The van der Waals surface area contributed by atoms with Gasteiger partial charge in [-0.3, -0.25) is 4.79 Å². The number of rotatable bonds is 4. The lowest BCUT2D eigenvalue weighted by Crippen LogP contribution is -2.27. The number of phenolic OH excluding ortho intramolecular Hbond substituents is 1. The highest BCUT2D eigenvalue weighted by Gasteiger charge is 2.06. The fraction of sp³-hybridized carbons (Fsp3) is 0.150. The van der Waals surface area contributed by atoms with Crippen LogP contribution in [0.25, 0.3) is 21.9 Å². The molecule has 1 N–H and O–H groups in total. The number of nitrogens with zero attached hydrogens (tertiary/aromatic N) is 1. The van der Waals surface area contributed by atoms with Crippen molar-refractivity contribution in [3.8, 4) is 22.6 Å². The molecule has 0 saturated carbocycles. The Balaban J connectivity index is 1.83. The molecule has 0 aliphatic carbocycles. The molecule has 3 aromatic carbocycles. The summed E-state index contributed by atoms with van der Waals surface area (Å²) in [6.45, 7) is 0.0318. The number of ether oxygens (including phenoxy) is 1. The van der Waals surface area contributed by atoms with Gasteiger partial charge in [-0.2, -0.15) is 0 Å². The Morgan fingerprint density at radius 3 is 2.25 bits per heavy atom. The van der Waals surface area contributed by atoms with E-state index in [1.807, 2.05) is 42.5 Å². The number of amides is 1. The van der Waals surface area contributed by atoms with Gasteiger partial charge in [0.25, 0.3) is 5.91 Å². The van der Waals surface area contributed by atoms with Crippen molar-refractivity contribution in [2.45, 2.75) is 0 Å². The molecule has 0 atom stereocenters. The van der Waals surface area contributed by atoms with Crippen LogP contribution in [0.4, 0.5) is 0 Å². The van der Waals surface area contributed by atoms with Crippen LogP contribution in [0.15, 0.2) is 60.7 Å². The van der Waals surface area contributed by atoms with E-state index in [1.54, 1.807) is 26.2 Å². The Morgan fingerprint density at radius 2 is 1.54 bits per heavy atom.